The van der Waals surface area contributed by atoms with Gasteiger partial charge in [-0.15, -0.1) is 0 Å². The van der Waals surface area contributed by atoms with E-state index in [-0.39, 0.29) is 6.04 Å². The highest BCUT2D eigenvalue weighted by Crippen LogP contribution is 2.20. The summed E-state index contributed by atoms with van der Waals surface area (Å²) in [5, 5.41) is 4.03. The minimum absolute atomic E-state index is 0.154. The summed E-state index contributed by atoms with van der Waals surface area (Å²) in [5.74, 6) is 1.76. The Morgan fingerprint density at radius 3 is 2.56 bits per heavy atom. The summed E-state index contributed by atoms with van der Waals surface area (Å²) in [6, 6.07) is -0.154. The molecule has 1 atom stereocenters. The Balaban J connectivity index is 1.97. The minimum atomic E-state index is -0.154. The van der Waals surface area contributed by atoms with Crippen molar-refractivity contribution in [3.63, 3.8) is 0 Å². The second-order valence-corrected chi connectivity index (χ2v) is 5.46. The molecule has 2 rings (SSSR count). The lowest BCUT2D eigenvalue weighted by atomic mass is 10.0. The molecule has 0 bridgehead atoms. The molecule has 6 heteroatoms. The molecule has 2 heterocycles. The SMILES string of the molecule is CC(C)C[C@H](N)c1nc(N2CCN(C)CC2)no1. The molecule has 0 aliphatic carbocycles. The summed E-state index contributed by atoms with van der Waals surface area (Å²) in [6.45, 7) is 8.21. The summed E-state index contributed by atoms with van der Waals surface area (Å²) in [6.07, 6.45) is 0.865. The number of rotatable bonds is 4. The summed E-state index contributed by atoms with van der Waals surface area (Å²) < 4.78 is 5.27. The minimum Gasteiger partial charge on any atom is -0.336 e. The van der Waals surface area contributed by atoms with Gasteiger partial charge in [0.25, 0.3) is 5.95 Å². The van der Waals surface area contributed by atoms with Gasteiger partial charge in [0.15, 0.2) is 0 Å². The van der Waals surface area contributed by atoms with Gasteiger partial charge in [0.1, 0.15) is 0 Å². The van der Waals surface area contributed by atoms with Crippen LogP contribution < -0.4 is 10.6 Å². The first-order chi connectivity index (χ1) is 8.56. The average molecular weight is 253 g/mol. The number of aromatic nitrogens is 2. The van der Waals surface area contributed by atoms with Gasteiger partial charge in [-0.25, -0.2) is 0 Å². The van der Waals surface area contributed by atoms with E-state index in [1.54, 1.807) is 0 Å². The van der Waals surface area contributed by atoms with Crippen LogP contribution in [0.5, 0.6) is 0 Å². The highest BCUT2D eigenvalue weighted by molar-refractivity contribution is 5.28. The van der Waals surface area contributed by atoms with Gasteiger partial charge in [0, 0.05) is 26.2 Å². The third-order valence-corrected chi connectivity index (χ3v) is 3.26. The van der Waals surface area contributed by atoms with Crippen LogP contribution in [-0.2, 0) is 0 Å². The molecule has 6 nitrogen and oxygen atoms in total. The molecule has 0 radical (unpaired) electrons. The second kappa shape index (κ2) is 5.67. The molecule has 1 aromatic rings. The monoisotopic (exact) mass is 253 g/mol. The Morgan fingerprint density at radius 2 is 1.94 bits per heavy atom. The third kappa shape index (κ3) is 3.20. The van der Waals surface area contributed by atoms with Gasteiger partial charge in [-0.3, -0.25) is 0 Å². The van der Waals surface area contributed by atoms with Crippen LogP contribution in [-0.4, -0.2) is 48.3 Å². The molecular weight excluding hydrogens is 230 g/mol. The van der Waals surface area contributed by atoms with Crippen LogP contribution in [0.2, 0.25) is 0 Å². The van der Waals surface area contributed by atoms with E-state index in [9.17, 15) is 0 Å². The fourth-order valence-corrected chi connectivity index (χ4v) is 2.12. The van der Waals surface area contributed by atoms with E-state index in [1.165, 1.54) is 0 Å². The lowest BCUT2D eigenvalue weighted by Crippen LogP contribution is -2.44. The summed E-state index contributed by atoms with van der Waals surface area (Å²) in [5.41, 5.74) is 6.04. The fraction of sp³-hybridized carbons (Fsp3) is 0.833. The molecule has 0 amide bonds. The van der Waals surface area contributed by atoms with Crippen LogP contribution in [0.15, 0.2) is 4.52 Å². The molecule has 102 valence electrons. The van der Waals surface area contributed by atoms with E-state index in [2.05, 4.69) is 40.8 Å². The Hall–Kier alpha value is -1.14. The third-order valence-electron chi connectivity index (χ3n) is 3.26. The highest BCUT2D eigenvalue weighted by atomic mass is 16.5. The molecule has 0 saturated carbocycles. The molecular formula is C12H23N5O. The maximum Gasteiger partial charge on any atom is 0.266 e. The van der Waals surface area contributed by atoms with Crippen LogP contribution in [0.25, 0.3) is 0 Å². The molecule has 1 saturated heterocycles. The first-order valence-electron chi connectivity index (χ1n) is 6.59. The van der Waals surface area contributed by atoms with Crippen molar-refractivity contribution in [2.24, 2.45) is 11.7 Å². The lowest BCUT2D eigenvalue weighted by Gasteiger charge is -2.31. The topological polar surface area (TPSA) is 71.4 Å². The predicted octanol–water partition coefficient (Wildman–Crippen LogP) is 0.867. The Labute approximate surface area is 108 Å². The zero-order chi connectivity index (χ0) is 13.1. The summed E-state index contributed by atoms with van der Waals surface area (Å²) in [4.78, 5) is 8.86. The second-order valence-electron chi connectivity index (χ2n) is 5.46. The lowest BCUT2D eigenvalue weighted by molar-refractivity contribution is 0.307. The largest absolute Gasteiger partial charge is 0.336 e. The van der Waals surface area contributed by atoms with Gasteiger partial charge in [-0.05, 0) is 24.5 Å². The fourth-order valence-electron chi connectivity index (χ4n) is 2.12. The van der Waals surface area contributed by atoms with Crippen molar-refractivity contribution in [2.45, 2.75) is 26.3 Å². The quantitative estimate of drug-likeness (QED) is 0.858. The Morgan fingerprint density at radius 1 is 1.28 bits per heavy atom. The van der Waals surface area contributed by atoms with Gasteiger partial charge in [0.2, 0.25) is 5.89 Å². The summed E-state index contributed by atoms with van der Waals surface area (Å²) >= 11 is 0. The van der Waals surface area contributed by atoms with E-state index < -0.39 is 0 Å². The van der Waals surface area contributed by atoms with Gasteiger partial charge in [-0.2, -0.15) is 4.98 Å². The van der Waals surface area contributed by atoms with Crippen molar-refractivity contribution >= 4 is 5.95 Å². The zero-order valence-corrected chi connectivity index (χ0v) is 11.5. The molecule has 0 spiro atoms. The molecule has 18 heavy (non-hydrogen) atoms. The molecule has 0 unspecified atom stereocenters. The van der Waals surface area contributed by atoms with E-state index >= 15 is 0 Å². The van der Waals surface area contributed by atoms with Crippen molar-refractivity contribution in [3.8, 4) is 0 Å². The van der Waals surface area contributed by atoms with Gasteiger partial charge >= 0.3 is 0 Å². The van der Waals surface area contributed by atoms with E-state index in [1.807, 2.05) is 0 Å². The van der Waals surface area contributed by atoms with Crippen molar-refractivity contribution in [3.05, 3.63) is 5.89 Å². The maximum absolute atomic E-state index is 6.04. The smallest absolute Gasteiger partial charge is 0.266 e. The number of piperazine rings is 1. The first kappa shape index (κ1) is 13.3. The van der Waals surface area contributed by atoms with Gasteiger partial charge < -0.3 is 20.1 Å². The Kier molecular flexibility index (Phi) is 4.19. The zero-order valence-electron chi connectivity index (χ0n) is 11.5. The number of likely N-dealkylation sites (N-methyl/N-ethyl adjacent to an activating group) is 1. The highest BCUT2D eigenvalue weighted by Gasteiger charge is 2.21. The van der Waals surface area contributed by atoms with Crippen LogP contribution in [0.1, 0.15) is 32.2 Å². The molecule has 1 aliphatic heterocycles. The number of anilines is 1. The maximum atomic E-state index is 6.04. The van der Waals surface area contributed by atoms with E-state index in [0.29, 0.717) is 17.8 Å². The standard InChI is InChI=1S/C12H23N5O/c1-9(2)8-10(13)11-14-12(15-18-11)17-6-4-16(3)5-7-17/h9-10H,4-8,13H2,1-3H3/t10-/m0/s1. The summed E-state index contributed by atoms with van der Waals surface area (Å²) in [7, 11) is 2.12. The normalized spacial score (nSPS) is 19.5. The predicted molar refractivity (Wildman–Crippen MR) is 70.4 cm³/mol. The number of hydrogen-bond acceptors (Lipinski definition) is 6. The van der Waals surface area contributed by atoms with Crippen LogP contribution in [0.3, 0.4) is 0 Å². The van der Waals surface area contributed by atoms with E-state index in [4.69, 9.17) is 10.3 Å². The molecule has 0 aromatic carbocycles. The number of nitrogens with two attached hydrogens (primary N) is 1. The van der Waals surface area contributed by atoms with Crippen molar-refractivity contribution in [1.82, 2.24) is 15.0 Å². The van der Waals surface area contributed by atoms with Crippen LogP contribution in [0.4, 0.5) is 5.95 Å². The van der Waals surface area contributed by atoms with Crippen LogP contribution in [0, 0.1) is 5.92 Å². The van der Waals surface area contributed by atoms with Gasteiger partial charge in [0.05, 0.1) is 6.04 Å². The van der Waals surface area contributed by atoms with Crippen molar-refractivity contribution < 1.29 is 4.52 Å². The Bertz CT molecular complexity index is 370. The molecule has 1 fully saturated rings. The van der Waals surface area contributed by atoms with Crippen molar-refractivity contribution in [2.75, 3.05) is 38.1 Å². The molecule has 1 aliphatic rings. The number of nitrogens with zero attached hydrogens (tertiary/aromatic N) is 4. The molecule has 2 N–H and O–H groups in total. The average Bonchev–Trinajstić information content (AvgIpc) is 2.78. The van der Waals surface area contributed by atoms with Crippen molar-refractivity contribution in [1.29, 1.82) is 0 Å². The van der Waals surface area contributed by atoms with Crippen LogP contribution >= 0.6 is 0 Å². The van der Waals surface area contributed by atoms with E-state index in [0.717, 1.165) is 32.6 Å². The first-order valence-corrected chi connectivity index (χ1v) is 6.59. The van der Waals surface area contributed by atoms with Gasteiger partial charge in [-0.1, -0.05) is 13.8 Å². The molecule has 1 aromatic heterocycles. The number of hydrogen-bond donors (Lipinski definition) is 1.